The molecule has 4 rings (SSSR count). The van der Waals surface area contributed by atoms with Crippen LogP contribution < -0.4 is 5.32 Å². The van der Waals surface area contributed by atoms with E-state index < -0.39 is 26.2 Å². The van der Waals surface area contributed by atoms with Crippen LogP contribution in [0.5, 0.6) is 0 Å². The lowest BCUT2D eigenvalue weighted by Gasteiger charge is -2.18. The van der Waals surface area contributed by atoms with Gasteiger partial charge in [-0.3, -0.25) is 4.78 Å². The van der Waals surface area contributed by atoms with E-state index in [0.29, 0.717) is 23.6 Å². The highest BCUT2D eigenvalue weighted by molar-refractivity contribution is 7.93. The van der Waals surface area contributed by atoms with Gasteiger partial charge in [-0.1, -0.05) is 36.4 Å². The van der Waals surface area contributed by atoms with E-state index in [2.05, 4.69) is 15.5 Å². The quantitative estimate of drug-likeness (QED) is 0.613. The first kappa shape index (κ1) is 19.6. The molecule has 2 aromatic carbocycles. The third-order valence-corrected chi connectivity index (χ3v) is 7.59. The fraction of sp³-hybridized carbons (Fsp3) is 0.300. The summed E-state index contributed by atoms with van der Waals surface area (Å²) >= 11 is 0. The zero-order valence-corrected chi connectivity index (χ0v) is 16.4. The van der Waals surface area contributed by atoms with E-state index in [1.165, 1.54) is 18.4 Å². The molecule has 152 valence electrons. The molecule has 5 nitrogen and oxygen atoms in total. The first-order chi connectivity index (χ1) is 13.6. The Morgan fingerprint density at radius 3 is 2.24 bits per heavy atom. The molecule has 1 atom stereocenters. The van der Waals surface area contributed by atoms with Gasteiger partial charge in [0.15, 0.2) is 5.82 Å². The van der Waals surface area contributed by atoms with Gasteiger partial charge < -0.3 is 5.32 Å². The highest BCUT2D eigenvalue weighted by Crippen LogP contribution is 2.43. The molecule has 1 aliphatic carbocycles. The zero-order chi connectivity index (χ0) is 20.9. The van der Waals surface area contributed by atoms with E-state index in [4.69, 9.17) is 4.78 Å². The van der Waals surface area contributed by atoms with Gasteiger partial charge in [0.2, 0.25) is 0 Å². The number of hydrogen-bond acceptors (Lipinski definition) is 5. The smallest absolute Gasteiger partial charge is 0.367 e. The Labute approximate surface area is 166 Å². The average molecular weight is 420 g/mol. The molecular weight excluding hydrogens is 401 g/mol. The number of benzene rings is 2. The first-order valence-corrected chi connectivity index (χ1v) is 11.0. The van der Waals surface area contributed by atoms with E-state index in [-0.39, 0.29) is 0 Å². The Bertz CT molecular complexity index is 1170. The summed E-state index contributed by atoms with van der Waals surface area (Å²) in [5.41, 5.74) is 0.306. The van der Waals surface area contributed by atoms with Crippen molar-refractivity contribution >= 4 is 26.3 Å². The van der Waals surface area contributed by atoms with Gasteiger partial charge in [-0.2, -0.15) is 13.2 Å². The Balaban J connectivity index is 1.69. The molecule has 1 aliphatic rings. The fourth-order valence-corrected chi connectivity index (χ4v) is 4.58. The number of fused-ring (bicyclic) bond motifs is 1. The normalized spacial score (nSPS) is 17.7. The van der Waals surface area contributed by atoms with E-state index in [1.54, 1.807) is 0 Å². The maximum absolute atomic E-state index is 12.8. The van der Waals surface area contributed by atoms with Gasteiger partial charge in [-0.05, 0) is 25.0 Å². The molecule has 9 heteroatoms. The summed E-state index contributed by atoms with van der Waals surface area (Å²) in [6.45, 7) is 0.365. The summed E-state index contributed by atoms with van der Waals surface area (Å²) < 4.78 is 58.1. The number of halogens is 3. The summed E-state index contributed by atoms with van der Waals surface area (Å²) in [7, 11) is -2.68. The molecular formula is C20H19F3N4OS. The third-order valence-electron chi connectivity index (χ3n) is 5.38. The van der Waals surface area contributed by atoms with Crippen LogP contribution in [-0.4, -0.2) is 32.0 Å². The Kier molecular flexibility index (Phi) is 4.53. The highest BCUT2D eigenvalue weighted by atomic mass is 32.2. The minimum Gasteiger partial charge on any atom is -0.367 e. The van der Waals surface area contributed by atoms with Crippen molar-refractivity contribution < 1.29 is 17.4 Å². The van der Waals surface area contributed by atoms with Gasteiger partial charge in [0.05, 0.1) is 10.3 Å². The minimum atomic E-state index is -4.39. The van der Waals surface area contributed by atoms with Gasteiger partial charge in [0, 0.05) is 38.9 Å². The van der Waals surface area contributed by atoms with E-state index in [0.717, 1.165) is 35.7 Å². The van der Waals surface area contributed by atoms with Gasteiger partial charge in [0.1, 0.15) is 5.69 Å². The summed E-state index contributed by atoms with van der Waals surface area (Å²) in [5, 5.41) is 13.2. The molecule has 0 spiro atoms. The molecule has 0 amide bonds. The standard InChI is InChI=1S/C20H19F3N4OS/c1-29(24,28)19(10-11-19)12-25-18-16-5-3-2-4-15(16)17(26-27-18)13-6-8-14(9-7-13)20(21,22)23/h2-9,24H,10-12H2,1H3,(H,25,27)/t29-/m1/s1. The topological polar surface area (TPSA) is 78.7 Å². The molecule has 0 radical (unpaired) electrons. The minimum absolute atomic E-state index is 0.365. The number of nitrogens with one attached hydrogen (secondary N) is 2. The Morgan fingerprint density at radius 2 is 1.69 bits per heavy atom. The predicted molar refractivity (Wildman–Crippen MR) is 107 cm³/mol. The molecule has 1 aromatic heterocycles. The molecule has 0 aliphatic heterocycles. The first-order valence-electron chi connectivity index (χ1n) is 9.01. The van der Waals surface area contributed by atoms with Crippen LogP contribution >= 0.6 is 0 Å². The van der Waals surface area contributed by atoms with Crippen LogP contribution in [0.1, 0.15) is 18.4 Å². The number of alkyl halides is 3. The van der Waals surface area contributed by atoms with Crippen molar-refractivity contribution in [2.75, 3.05) is 18.1 Å². The van der Waals surface area contributed by atoms with Gasteiger partial charge >= 0.3 is 6.18 Å². The highest BCUT2D eigenvalue weighted by Gasteiger charge is 2.49. The van der Waals surface area contributed by atoms with Crippen LogP contribution in [0.2, 0.25) is 0 Å². The summed E-state index contributed by atoms with van der Waals surface area (Å²) in [6, 6.07) is 12.2. The molecule has 29 heavy (non-hydrogen) atoms. The van der Waals surface area contributed by atoms with E-state index >= 15 is 0 Å². The molecule has 1 saturated carbocycles. The summed E-state index contributed by atoms with van der Waals surface area (Å²) in [5.74, 6) is 0.506. The lowest BCUT2D eigenvalue weighted by atomic mass is 10.0. The average Bonchev–Trinajstić information content (AvgIpc) is 3.47. The largest absolute Gasteiger partial charge is 0.416 e. The number of aromatic nitrogens is 2. The predicted octanol–water partition coefficient (Wildman–Crippen LogP) is 4.94. The molecule has 1 fully saturated rings. The van der Waals surface area contributed by atoms with Crippen molar-refractivity contribution in [3.8, 4) is 11.3 Å². The second kappa shape index (κ2) is 6.69. The van der Waals surface area contributed by atoms with E-state index in [9.17, 15) is 17.4 Å². The van der Waals surface area contributed by atoms with Crippen molar-refractivity contribution in [3.05, 3.63) is 54.1 Å². The zero-order valence-electron chi connectivity index (χ0n) is 15.6. The van der Waals surface area contributed by atoms with Gasteiger partial charge in [0.25, 0.3) is 0 Å². The molecule has 1 heterocycles. The number of hydrogen-bond donors (Lipinski definition) is 2. The fourth-order valence-electron chi connectivity index (χ4n) is 3.35. The van der Waals surface area contributed by atoms with Crippen molar-refractivity contribution in [3.63, 3.8) is 0 Å². The van der Waals surface area contributed by atoms with E-state index in [1.807, 2.05) is 24.3 Å². The van der Waals surface area contributed by atoms with Crippen LogP contribution in [-0.2, 0) is 15.9 Å². The van der Waals surface area contributed by atoms with Crippen molar-refractivity contribution in [2.24, 2.45) is 0 Å². The molecule has 2 N–H and O–H groups in total. The van der Waals surface area contributed by atoms with Crippen LogP contribution in [0, 0.1) is 4.78 Å². The van der Waals surface area contributed by atoms with Crippen LogP contribution in [0.4, 0.5) is 19.0 Å². The number of rotatable bonds is 5. The summed E-state index contributed by atoms with van der Waals surface area (Å²) in [6.07, 6.45) is -1.48. The SMILES string of the molecule is C[S@@](=N)(=O)C1(CNc2nnc(-c3ccc(C(F)(F)F)cc3)c3ccccc23)CC1. The van der Waals surface area contributed by atoms with Crippen molar-refractivity contribution in [1.29, 1.82) is 4.78 Å². The van der Waals surface area contributed by atoms with Crippen LogP contribution in [0.25, 0.3) is 22.0 Å². The molecule has 3 aromatic rings. The number of anilines is 1. The third kappa shape index (κ3) is 3.66. The molecule has 0 saturated heterocycles. The second-order valence-corrected chi connectivity index (χ2v) is 9.95. The van der Waals surface area contributed by atoms with Crippen molar-refractivity contribution in [1.82, 2.24) is 10.2 Å². The lowest BCUT2D eigenvalue weighted by Crippen LogP contribution is -2.29. The monoisotopic (exact) mass is 420 g/mol. The maximum atomic E-state index is 12.8. The van der Waals surface area contributed by atoms with Gasteiger partial charge in [-0.15, -0.1) is 10.2 Å². The summed E-state index contributed by atoms with van der Waals surface area (Å²) in [4.78, 5) is 0. The number of nitrogens with zero attached hydrogens (tertiary/aromatic N) is 2. The van der Waals surface area contributed by atoms with Crippen molar-refractivity contribution in [2.45, 2.75) is 23.8 Å². The molecule has 0 bridgehead atoms. The van der Waals surface area contributed by atoms with Gasteiger partial charge in [-0.25, -0.2) is 4.21 Å². The van der Waals surface area contributed by atoms with Crippen LogP contribution in [0.3, 0.4) is 0 Å². The maximum Gasteiger partial charge on any atom is 0.416 e. The van der Waals surface area contributed by atoms with Crippen LogP contribution in [0.15, 0.2) is 48.5 Å². The lowest BCUT2D eigenvalue weighted by molar-refractivity contribution is -0.137. The second-order valence-electron chi connectivity index (χ2n) is 7.40. The Morgan fingerprint density at radius 1 is 1.07 bits per heavy atom. The Hall–Kier alpha value is -2.68. The molecule has 0 unspecified atom stereocenters.